The smallest absolute Gasteiger partial charge is 0.174 e. The highest BCUT2D eigenvalue weighted by Gasteiger charge is 2.17. The van der Waals surface area contributed by atoms with Gasteiger partial charge in [-0.05, 0) is 46.2 Å². The molecule has 4 heteroatoms. The van der Waals surface area contributed by atoms with Gasteiger partial charge in [-0.15, -0.1) is 0 Å². The number of hydrogen-bond donors (Lipinski definition) is 1. The fraction of sp³-hybridized carbons (Fsp3) is 0.231. The van der Waals surface area contributed by atoms with E-state index in [2.05, 4.69) is 56.2 Å². The fourth-order valence-electron chi connectivity index (χ4n) is 1.78. The number of benzene rings is 1. The lowest BCUT2D eigenvalue weighted by Crippen LogP contribution is -2.21. The molecule has 2 rings (SSSR count). The molecule has 17 heavy (non-hydrogen) atoms. The first-order valence-corrected chi connectivity index (χ1v) is 7.02. The van der Waals surface area contributed by atoms with Gasteiger partial charge in [-0.2, -0.15) is 0 Å². The number of halogens is 2. The lowest BCUT2D eigenvalue weighted by Gasteiger charge is -2.17. The maximum Gasteiger partial charge on any atom is 0.174 e. The molecule has 0 bridgehead atoms. The van der Waals surface area contributed by atoms with Crippen molar-refractivity contribution in [3.05, 3.63) is 56.9 Å². The van der Waals surface area contributed by atoms with Crippen LogP contribution in [-0.4, -0.2) is 6.54 Å². The summed E-state index contributed by atoms with van der Waals surface area (Å²) in [6.45, 7) is 3.00. The van der Waals surface area contributed by atoms with Crippen molar-refractivity contribution in [2.75, 3.05) is 6.54 Å². The van der Waals surface area contributed by atoms with Crippen molar-refractivity contribution in [3.63, 3.8) is 0 Å². The third-order valence-electron chi connectivity index (χ3n) is 2.57. The molecular formula is C13H13Br2NO. The number of hydrogen-bond acceptors (Lipinski definition) is 2. The van der Waals surface area contributed by atoms with Crippen LogP contribution in [0.2, 0.25) is 0 Å². The lowest BCUT2D eigenvalue weighted by atomic mass is 10.0. The van der Waals surface area contributed by atoms with Crippen molar-refractivity contribution in [1.29, 1.82) is 0 Å². The van der Waals surface area contributed by atoms with E-state index in [1.807, 2.05) is 18.2 Å². The summed E-state index contributed by atoms with van der Waals surface area (Å²) in [5.41, 5.74) is 2.34. The molecule has 1 aromatic carbocycles. The Balaban J connectivity index is 2.35. The van der Waals surface area contributed by atoms with Crippen LogP contribution in [0.4, 0.5) is 0 Å². The Morgan fingerprint density at radius 3 is 2.41 bits per heavy atom. The Morgan fingerprint density at radius 1 is 1.18 bits per heavy atom. The molecule has 90 valence electrons. The van der Waals surface area contributed by atoms with Crippen LogP contribution < -0.4 is 5.32 Å². The largest absolute Gasteiger partial charge is 0.457 e. The van der Waals surface area contributed by atoms with Crippen LogP contribution in [-0.2, 0) is 0 Å². The van der Waals surface area contributed by atoms with Gasteiger partial charge >= 0.3 is 0 Å². The van der Waals surface area contributed by atoms with Crippen LogP contribution in [0.3, 0.4) is 0 Å². The van der Waals surface area contributed by atoms with E-state index in [1.54, 1.807) is 6.26 Å². The Labute approximate surface area is 118 Å². The van der Waals surface area contributed by atoms with Crippen LogP contribution in [0.5, 0.6) is 0 Å². The van der Waals surface area contributed by atoms with Gasteiger partial charge in [-0.25, -0.2) is 0 Å². The van der Waals surface area contributed by atoms with Crippen molar-refractivity contribution in [2.24, 2.45) is 0 Å². The Bertz CT molecular complexity index is 478. The fourth-order valence-corrected chi connectivity index (χ4v) is 2.51. The quantitative estimate of drug-likeness (QED) is 0.870. The van der Waals surface area contributed by atoms with Gasteiger partial charge in [0.25, 0.3) is 0 Å². The average molecular weight is 359 g/mol. The minimum Gasteiger partial charge on any atom is -0.457 e. The highest BCUT2D eigenvalue weighted by Crippen LogP contribution is 2.30. The minimum atomic E-state index is 0.154. The second-order valence-corrected chi connectivity index (χ2v) is 5.33. The van der Waals surface area contributed by atoms with Gasteiger partial charge in [0.05, 0.1) is 12.3 Å². The molecule has 0 aliphatic carbocycles. The topological polar surface area (TPSA) is 25.2 Å². The molecule has 1 atom stereocenters. The van der Waals surface area contributed by atoms with Crippen molar-refractivity contribution in [2.45, 2.75) is 13.0 Å². The third-order valence-corrected chi connectivity index (χ3v) is 3.74. The van der Waals surface area contributed by atoms with E-state index >= 15 is 0 Å². The van der Waals surface area contributed by atoms with Gasteiger partial charge in [0.2, 0.25) is 0 Å². The number of rotatable bonds is 4. The Kier molecular flexibility index (Phi) is 4.42. The maximum absolute atomic E-state index is 5.30. The minimum absolute atomic E-state index is 0.154. The first-order chi connectivity index (χ1) is 8.22. The van der Waals surface area contributed by atoms with Gasteiger partial charge in [0.15, 0.2) is 4.67 Å². The zero-order valence-electron chi connectivity index (χ0n) is 9.41. The van der Waals surface area contributed by atoms with Crippen LogP contribution in [0.1, 0.15) is 24.1 Å². The summed E-state index contributed by atoms with van der Waals surface area (Å²) in [5.74, 6) is 0. The number of nitrogens with one attached hydrogen (secondary N) is 1. The molecule has 0 spiro atoms. The molecule has 1 aromatic heterocycles. The molecule has 2 nitrogen and oxygen atoms in total. The molecule has 0 aliphatic heterocycles. The van der Waals surface area contributed by atoms with E-state index in [0.29, 0.717) is 0 Å². The van der Waals surface area contributed by atoms with Gasteiger partial charge in [-0.1, -0.05) is 35.0 Å². The summed E-state index contributed by atoms with van der Waals surface area (Å²) in [6, 6.07) is 10.5. The zero-order chi connectivity index (χ0) is 12.3. The van der Waals surface area contributed by atoms with E-state index in [9.17, 15) is 0 Å². The Hall–Kier alpha value is -0.580. The summed E-state index contributed by atoms with van der Waals surface area (Å²) in [4.78, 5) is 0. The first kappa shape index (κ1) is 12.9. The molecule has 1 heterocycles. The molecule has 0 radical (unpaired) electrons. The van der Waals surface area contributed by atoms with Crippen LogP contribution >= 0.6 is 31.9 Å². The molecule has 0 saturated heterocycles. The molecule has 1 unspecified atom stereocenters. The predicted molar refractivity (Wildman–Crippen MR) is 76.1 cm³/mol. The highest BCUT2D eigenvalue weighted by molar-refractivity contribution is 9.10. The molecule has 0 amide bonds. The summed E-state index contributed by atoms with van der Waals surface area (Å²) < 4.78 is 7.17. The third kappa shape index (κ3) is 3.00. The van der Waals surface area contributed by atoms with E-state index in [1.165, 1.54) is 5.56 Å². The van der Waals surface area contributed by atoms with Crippen LogP contribution in [0.15, 0.2) is 50.2 Å². The van der Waals surface area contributed by atoms with E-state index < -0.39 is 0 Å². The molecule has 0 fully saturated rings. The van der Waals surface area contributed by atoms with Gasteiger partial charge in [0.1, 0.15) is 0 Å². The van der Waals surface area contributed by atoms with Crippen LogP contribution in [0, 0.1) is 0 Å². The van der Waals surface area contributed by atoms with Crippen LogP contribution in [0.25, 0.3) is 0 Å². The zero-order valence-corrected chi connectivity index (χ0v) is 12.6. The van der Waals surface area contributed by atoms with Crippen molar-refractivity contribution in [3.8, 4) is 0 Å². The second kappa shape index (κ2) is 5.85. The summed E-state index contributed by atoms with van der Waals surface area (Å²) in [7, 11) is 0. The molecule has 1 N–H and O–H groups in total. The predicted octanol–water partition coefficient (Wildman–Crippen LogP) is 4.50. The SMILES string of the molecule is CCNC(c1ccc(Br)cc1)c1ccoc1Br. The van der Waals surface area contributed by atoms with Gasteiger partial charge in [0, 0.05) is 10.0 Å². The molecule has 0 aliphatic rings. The van der Waals surface area contributed by atoms with E-state index in [0.717, 1.165) is 21.3 Å². The first-order valence-electron chi connectivity index (χ1n) is 5.44. The molecule has 0 saturated carbocycles. The maximum atomic E-state index is 5.30. The summed E-state index contributed by atoms with van der Waals surface area (Å²) >= 11 is 6.88. The van der Waals surface area contributed by atoms with Crippen molar-refractivity contribution in [1.82, 2.24) is 5.32 Å². The normalized spacial score (nSPS) is 12.6. The number of furan rings is 1. The average Bonchev–Trinajstić information content (AvgIpc) is 2.74. The summed E-state index contributed by atoms with van der Waals surface area (Å²) in [6.07, 6.45) is 1.70. The second-order valence-electron chi connectivity index (χ2n) is 3.69. The lowest BCUT2D eigenvalue weighted by molar-refractivity contribution is 0.526. The van der Waals surface area contributed by atoms with E-state index in [-0.39, 0.29) is 6.04 Å². The summed E-state index contributed by atoms with van der Waals surface area (Å²) in [5, 5.41) is 3.46. The van der Waals surface area contributed by atoms with Gasteiger partial charge in [-0.3, -0.25) is 0 Å². The molecular weight excluding hydrogens is 346 g/mol. The van der Waals surface area contributed by atoms with Crippen molar-refractivity contribution < 1.29 is 4.42 Å². The van der Waals surface area contributed by atoms with E-state index in [4.69, 9.17) is 4.42 Å². The highest BCUT2D eigenvalue weighted by atomic mass is 79.9. The standard InChI is InChI=1S/C13H13Br2NO/c1-2-16-12(11-7-8-17-13(11)15)9-3-5-10(14)6-4-9/h3-8,12,16H,2H2,1H3. The molecule has 2 aromatic rings. The monoisotopic (exact) mass is 357 g/mol. The Morgan fingerprint density at radius 2 is 1.88 bits per heavy atom. The van der Waals surface area contributed by atoms with Crippen molar-refractivity contribution >= 4 is 31.9 Å². The van der Waals surface area contributed by atoms with Gasteiger partial charge < -0.3 is 9.73 Å².